The minimum absolute atomic E-state index is 0.0222. The van der Waals surface area contributed by atoms with E-state index < -0.39 is 5.60 Å². The first kappa shape index (κ1) is 57.1. The quantitative estimate of drug-likeness (QED) is 0.109. The molecule has 5 amide bonds. The van der Waals surface area contributed by atoms with Crippen LogP contribution in [0.4, 0.5) is 39.7 Å². The zero-order valence-electron chi connectivity index (χ0n) is 49.1. The Labute approximate surface area is 485 Å². The molecule has 22 heteroatoms. The van der Waals surface area contributed by atoms with E-state index in [9.17, 15) is 24.0 Å². The normalized spacial score (nSPS) is 21.7. The first-order chi connectivity index (χ1) is 39.9. The molecule has 6 aliphatic rings. The Morgan fingerprint density at radius 2 is 1.01 bits per heavy atom. The number of aromatic nitrogens is 8. The van der Waals surface area contributed by atoms with E-state index in [1.165, 1.54) is 25.7 Å². The van der Waals surface area contributed by atoms with E-state index in [1.807, 2.05) is 62.1 Å². The van der Waals surface area contributed by atoms with Gasteiger partial charge in [0.25, 0.3) is 11.8 Å². The fraction of sp³-hybridized carbons (Fsp3) is 0.557. The average molecular weight is 1130 g/mol. The Morgan fingerprint density at radius 3 is 1.46 bits per heavy atom. The molecule has 6 aromatic heterocycles. The van der Waals surface area contributed by atoms with Crippen LogP contribution in [-0.2, 0) is 14.3 Å². The van der Waals surface area contributed by atoms with Crippen molar-refractivity contribution >= 4 is 86.7 Å². The predicted octanol–water partition coefficient (Wildman–Crippen LogP) is 9.13. The standard InChI is InChI=1S/C33H44N8O4.C28H36N8O2/c1-33(2,3)45-32(44)39-18-22-15-28(42)40(20-23(22)19-39)25-12-13-27(34-17-25)36-31-35-16-21-14-26(30(43)38(4)5)41(29(21)37-31)24-10-8-6-7-9-11-24;1-34(2)27(38)23-11-19-15-31-28(33-26(19)36(23)21-7-5-3-4-6-8-21)32-24-10-9-22(16-30-24)35-17-20-14-29-13-18(20)12-25(35)37/h12-14,16-17,22-24H,6-11,15,18-20H2,1-5H3,(H,34,35,36,37);9-11,15-16,18,20-21,29H,3-8,12-14,17H2,1-2H3,(H,30,31,32,33). The summed E-state index contributed by atoms with van der Waals surface area (Å²) in [6.07, 6.45) is 21.2. The number of hydrogen-bond donors (Lipinski definition) is 3. The molecule has 6 fully saturated rings. The second-order valence-corrected chi connectivity index (χ2v) is 25.0. The Balaban J connectivity index is 0.000000176. The molecule has 440 valence electrons. The molecule has 4 unspecified atom stereocenters. The van der Waals surface area contributed by atoms with Gasteiger partial charge in [-0.25, -0.2) is 24.7 Å². The minimum atomic E-state index is -0.557. The zero-order valence-corrected chi connectivity index (χ0v) is 49.1. The summed E-state index contributed by atoms with van der Waals surface area (Å²) in [7, 11) is 7.11. The lowest BCUT2D eigenvalue weighted by Crippen LogP contribution is -2.44. The van der Waals surface area contributed by atoms with Crippen LogP contribution in [0, 0.1) is 23.7 Å². The van der Waals surface area contributed by atoms with Crippen LogP contribution in [0.25, 0.3) is 22.1 Å². The van der Waals surface area contributed by atoms with E-state index in [1.54, 1.807) is 72.6 Å². The summed E-state index contributed by atoms with van der Waals surface area (Å²) in [6, 6.07) is 11.7. The van der Waals surface area contributed by atoms with Gasteiger partial charge < -0.3 is 54.3 Å². The van der Waals surface area contributed by atoms with Gasteiger partial charge in [0.1, 0.15) is 39.9 Å². The number of carbonyl (C=O) groups excluding carboxylic acids is 5. The smallest absolute Gasteiger partial charge is 0.410 e. The molecule has 83 heavy (non-hydrogen) atoms. The SMILES string of the molecule is CN(C)C(=O)c1cc2cnc(Nc3ccc(N4CC5CN(C(=O)OC(C)(C)C)CC5CC4=O)cn3)nc2n1C1CCCCCC1.CN(C)C(=O)c1cc2cnc(Nc3ccc(N4CC5CNCC5CC4=O)cn3)nc2n1C1CCCCCC1. The van der Waals surface area contributed by atoms with Gasteiger partial charge in [0, 0.05) is 102 Å². The van der Waals surface area contributed by atoms with Crippen LogP contribution in [0.1, 0.15) is 144 Å². The van der Waals surface area contributed by atoms with Crippen molar-refractivity contribution in [1.82, 2.24) is 59.1 Å². The lowest BCUT2D eigenvalue weighted by Gasteiger charge is -2.34. The molecule has 4 saturated heterocycles. The lowest BCUT2D eigenvalue weighted by molar-refractivity contribution is -0.122. The number of hydrogen-bond acceptors (Lipinski definition) is 15. The van der Waals surface area contributed by atoms with Crippen LogP contribution in [0.2, 0.25) is 0 Å². The van der Waals surface area contributed by atoms with Crippen molar-refractivity contribution in [1.29, 1.82) is 0 Å². The van der Waals surface area contributed by atoms with Crippen molar-refractivity contribution in [2.75, 3.05) is 87.9 Å². The van der Waals surface area contributed by atoms with Gasteiger partial charge in [-0.2, -0.15) is 9.97 Å². The Bertz CT molecular complexity index is 3340. The molecule has 0 spiro atoms. The second-order valence-electron chi connectivity index (χ2n) is 25.0. The summed E-state index contributed by atoms with van der Waals surface area (Å²) < 4.78 is 9.82. The van der Waals surface area contributed by atoms with Crippen molar-refractivity contribution in [2.45, 2.75) is 128 Å². The number of ether oxygens (including phenoxy) is 1. The summed E-state index contributed by atoms with van der Waals surface area (Å²) in [5, 5.41) is 11.5. The van der Waals surface area contributed by atoms with Crippen molar-refractivity contribution < 1.29 is 28.7 Å². The Hall–Kier alpha value is -7.75. The van der Waals surface area contributed by atoms with Gasteiger partial charge in [0.2, 0.25) is 23.7 Å². The first-order valence-electron chi connectivity index (χ1n) is 29.9. The maximum atomic E-state index is 13.2. The van der Waals surface area contributed by atoms with Gasteiger partial charge in [-0.1, -0.05) is 51.4 Å². The van der Waals surface area contributed by atoms with Gasteiger partial charge in [-0.15, -0.1) is 0 Å². The molecule has 4 atom stereocenters. The van der Waals surface area contributed by atoms with Crippen LogP contribution in [0.3, 0.4) is 0 Å². The highest BCUT2D eigenvalue weighted by Crippen LogP contribution is 2.38. The highest BCUT2D eigenvalue weighted by atomic mass is 16.6. The largest absolute Gasteiger partial charge is 0.444 e. The summed E-state index contributed by atoms with van der Waals surface area (Å²) >= 11 is 0. The summed E-state index contributed by atoms with van der Waals surface area (Å²) in [4.78, 5) is 101. The molecule has 0 radical (unpaired) electrons. The fourth-order valence-electron chi connectivity index (χ4n) is 13.1. The number of piperidine rings is 2. The van der Waals surface area contributed by atoms with Crippen molar-refractivity contribution in [3.05, 3.63) is 72.6 Å². The Kier molecular flexibility index (Phi) is 16.7. The van der Waals surface area contributed by atoms with Gasteiger partial charge in [0.15, 0.2) is 0 Å². The highest BCUT2D eigenvalue weighted by Gasteiger charge is 2.44. The summed E-state index contributed by atoms with van der Waals surface area (Å²) in [5.74, 6) is 3.37. The number of anilines is 6. The molecule has 10 heterocycles. The molecule has 4 aliphatic heterocycles. The predicted molar refractivity (Wildman–Crippen MR) is 318 cm³/mol. The maximum absolute atomic E-state index is 13.2. The average Bonchev–Trinajstić information content (AvgIpc) is 4.40. The number of nitrogens with zero attached hydrogens (tertiary/aromatic N) is 13. The minimum Gasteiger partial charge on any atom is -0.444 e. The molecular weight excluding hydrogens is 1050 g/mol. The molecule has 22 nitrogen and oxygen atoms in total. The molecule has 2 aliphatic carbocycles. The molecular formula is C61H80N16O6. The number of pyridine rings is 2. The van der Waals surface area contributed by atoms with Gasteiger partial charge in [-0.3, -0.25) is 19.2 Å². The van der Waals surface area contributed by atoms with Crippen molar-refractivity contribution in [3.63, 3.8) is 0 Å². The molecule has 0 bridgehead atoms. The van der Waals surface area contributed by atoms with Crippen molar-refractivity contribution in [2.24, 2.45) is 23.7 Å². The van der Waals surface area contributed by atoms with E-state index in [0.717, 1.165) is 98.8 Å². The number of likely N-dealkylation sites (tertiary alicyclic amines) is 1. The molecule has 3 N–H and O–H groups in total. The van der Waals surface area contributed by atoms with Crippen molar-refractivity contribution in [3.8, 4) is 0 Å². The topological polar surface area (TPSA) is 234 Å². The van der Waals surface area contributed by atoms with Crippen LogP contribution in [0.5, 0.6) is 0 Å². The number of rotatable bonds is 10. The highest BCUT2D eigenvalue weighted by molar-refractivity contribution is 5.99. The van der Waals surface area contributed by atoms with E-state index in [0.29, 0.717) is 84.9 Å². The summed E-state index contributed by atoms with van der Waals surface area (Å²) in [5.41, 5.74) is 3.79. The van der Waals surface area contributed by atoms with Gasteiger partial charge >= 0.3 is 6.09 Å². The zero-order chi connectivity index (χ0) is 58.1. The molecule has 2 saturated carbocycles. The molecule has 12 rings (SSSR count). The van der Waals surface area contributed by atoms with Crippen LogP contribution in [-0.4, -0.2) is 157 Å². The number of carbonyl (C=O) groups is 5. The number of fused-ring (bicyclic) bond motifs is 4. The van der Waals surface area contributed by atoms with E-state index in [4.69, 9.17) is 14.7 Å². The van der Waals surface area contributed by atoms with Crippen LogP contribution in [0.15, 0.2) is 61.2 Å². The van der Waals surface area contributed by atoms with E-state index in [-0.39, 0.29) is 53.6 Å². The third-order valence-corrected chi connectivity index (χ3v) is 17.4. The monoisotopic (exact) mass is 1130 g/mol. The molecule has 6 aromatic rings. The maximum Gasteiger partial charge on any atom is 0.410 e. The fourth-order valence-corrected chi connectivity index (χ4v) is 13.1. The Morgan fingerprint density at radius 1 is 0.566 bits per heavy atom. The second kappa shape index (κ2) is 24.2. The lowest BCUT2D eigenvalue weighted by atomic mass is 9.88. The third kappa shape index (κ3) is 12.6. The van der Waals surface area contributed by atoms with E-state index in [2.05, 4.69) is 45.0 Å². The van der Waals surface area contributed by atoms with E-state index >= 15 is 0 Å². The third-order valence-electron chi connectivity index (χ3n) is 17.4. The number of amides is 5. The first-order valence-corrected chi connectivity index (χ1v) is 29.9. The summed E-state index contributed by atoms with van der Waals surface area (Å²) in [6.45, 7) is 9.85. The number of nitrogens with one attached hydrogen (secondary N) is 3. The molecule has 0 aromatic carbocycles. The van der Waals surface area contributed by atoms with Gasteiger partial charge in [0.05, 0.1) is 23.8 Å². The van der Waals surface area contributed by atoms with Crippen LogP contribution >= 0.6 is 0 Å². The van der Waals surface area contributed by atoms with Gasteiger partial charge in [-0.05, 0) is 120 Å². The van der Waals surface area contributed by atoms with Crippen LogP contribution < -0.4 is 25.8 Å².